The Bertz CT molecular complexity index is 859. The molecule has 1 unspecified atom stereocenters. The summed E-state index contributed by atoms with van der Waals surface area (Å²) in [5, 5.41) is 12.5. The summed E-state index contributed by atoms with van der Waals surface area (Å²) < 4.78 is 0. The highest BCUT2D eigenvalue weighted by Gasteiger charge is 2.38. The van der Waals surface area contributed by atoms with Crippen LogP contribution in [0, 0.1) is 0 Å². The number of amides is 2. The fourth-order valence-electron chi connectivity index (χ4n) is 2.69. The van der Waals surface area contributed by atoms with Crippen molar-refractivity contribution >= 4 is 51.7 Å². The van der Waals surface area contributed by atoms with Gasteiger partial charge in [-0.2, -0.15) is 0 Å². The van der Waals surface area contributed by atoms with Gasteiger partial charge in [0.05, 0.1) is 5.69 Å². The predicted molar refractivity (Wildman–Crippen MR) is 113 cm³/mol. The van der Waals surface area contributed by atoms with Crippen molar-refractivity contribution in [1.82, 2.24) is 4.90 Å². The van der Waals surface area contributed by atoms with Gasteiger partial charge in [0.1, 0.15) is 5.25 Å². The van der Waals surface area contributed by atoms with Crippen molar-refractivity contribution < 1.29 is 14.7 Å². The number of nitrogens with one attached hydrogen (secondary N) is 1. The van der Waals surface area contributed by atoms with Crippen LogP contribution in [0.4, 0.5) is 11.4 Å². The van der Waals surface area contributed by atoms with E-state index in [9.17, 15) is 9.59 Å². The van der Waals surface area contributed by atoms with Crippen molar-refractivity contribution in [2.24, 2.45) is 4.99 Å². The molecule has 1 aliphatic heterocycles. The summed E-state index contributed by atoms with van der Waals surface area (Å²) in [6, 6.07) is 16.1. The molecular weight excluding hydrogens is 398 g/mol. The normalized spacial score (nSPS) is 17.9. The number of amidine groups is 1. The summed E-state index contributed by atoms with van der Waals surface area (Å²) in [5.41, 5.74) is 1.36. The molecule has 1 saturated heterocycles. The maximum Gasteiger partial charge on any atom is 0.242 e. The van der Waals surface area contributed by atoms with Crippen LogP contribution in [0.5, 0.6) is 0 Å². The van der Waals surface area contributed by atoms with E-state index in [4.69, 9.17) is 16.7 Å². The molecule has 8 heteroatoms. The topological polar surface area (TPSA) is 82.0 Å². The average molecular weight is 418 g/mol. The van der Waals surface area contributed by atoms with Crippen LogP contribution in [0.1, 0.15) is 12.8 Å². The Morgan fingerprint density at radius 3 is 2.57 bits per heavy atom. The minimum Gasteiger partial charge on any atom is -0.396 e. The quantitative estimate of drug-likeness (QED) is 0.719. The minimum atomic E-state index is -0.548. The predicted octanol–water partition coefficient (Wildman–Crippen LogP) is 3.68. The van der Waals surface area contributed by atoms with Crippen molar-refractivity contribution in [1.29, 1.82) is 0 Å². The first-order valence-electron chi connectivity index (χ1n) is 8.85. The second-order valence-electron chi connectivity index (χ2n) is 6.16. The number of nitrogens with zero attached hydrogens (tertiary/aromatic N) is 2. The standard InChI is InChI=1S/C20H20ClN3O3S/c21-14-7-9-16(10-8-14)22-18(26)13-17-19(27)24(11-4-12-25)20(28-17)23-15-5-2-1-3-6-15/h1-3,5-10,17,25H,4,11-13H2,(H,22,26). The maximum atomic E-state index is 12.8. The van der Waals surface area contributed by atoms with Gasteiger partial charge in [0.2, 0.25) is 11.8 Å². The van der Waals surface area contributed by atoms with Crippen LogP contribution >= 0.6 is 23.4 Å². The van der Waals surface area contributed by atoms with Gasteiger partial charge < -0.3 is 10.4 Å². The van der Waals surface area contributed by atoms with Crippen LogP contribution in [0.25, 0.3) is 0 Å². The third-order valence-electron chi connectivity index (χ3n) is 4.04. The Labute approximate surface area is 172 Å². The second-order valence-corrected chi connectivity index (χ2v) is 7.77. The highest BCUT2D eigenvalue weighted by atomic mass is 35.5. The summed E-state index contributed by atoms with van der Waals surface area (Å²) in [7, 11) is 0. The molecule has 146 valence electrons. The zero-order valence-corrected chi connectivity index (χ0v) is 16.6. The fourth-order valence-corrected chi connectivity index (χ4v) is 4.00. The SMILES string of the molecule is O=C(CC1SC(=Nc2ccccc2)N(CCCO)C1=O)Nc1ccc(Cl)cc1. The van der Waals surface area contributed by atoms with Crippen molar-refractivity contribution in [3.05, 3.63) is 59.6 Å². The number of rotatable bonds is 7. The van der Waals surface area contributed by atoms with Crippen molar-refractivity contribution in [2.75, 3.05) is 18.5 Å². The van der Waals surface area contributed by atoms with Gasteiger partial charge in [0, 0.05) is 30.3 Å². The number of hydrogen-bond donors (Lipinski definition) is 2. The van der Waals surface area contributed by atoms with Crippen LogP contribution in [-0.2, 0) is 9.59 Å². The Balaban J connectivity index is 1.70. The van der Waals surface area contributed by atoms with Crippen LogP contribution in [-0.4, -0.2) is 45.4 Å². The van der Waals surface area contributed by atoms with Gasteiger partial charge in [-0.05, 0) is 42.8 Å². The number of benzene rings is 2. The number of aliphatic imine (C=N–C) groups is 1. The highest BCUT2D eigenvalue weighted by Crippen LogP contribution is 2.32. The van der Waals surface area contributed by atoms with Gasteiger partial charge >= 0.3 is 0 Å². The molecule has 0 saturated carbocycles. The molecule has 0 aromatic heterocycles. The van der Waals surface area contributed by atoms with Crippen molar-refractivity contribution in [3.8, 4) is 0 Å². The number of para-hydroxylation sites is 1. The Morgan fingerprint density at radius 1 is 1.18 bits per heavy atom. The van der Waals surface area contributed by atoms with E-state index in [0.29, 0.717) is 28.8 Å². The van der Waals surface area contributed by atoms with Crippen LogP contribution in [0.15, 0.2) is 59.6 Å². The smallest absolute Gasteiger partial charge is 0.242 e. The van der Waals surface area contributed by atoms with Crippen molar-refractivity contribution in [3.63, 3.8) is 0 Å². The number of carbonyl (C=O) groups is 2. The molecule has 2 aromatic carbocycles. The van der Waals surface area contributed by atoms with Crippen LogP contribution in [0.3, 0.4) is 0 Å². The first-order chi connectivity index (χ1) is 13.6. The third-order valence-corrected chi connectivity index (χ3v) is 5.47. The molecule has 2 aromatic rings. The van der Waals surface area contributed by atoms with E-state index in [1.807, 2.05) is 30.3 Å². The molecule has 0 radical (unpaired) electrons. The second kappa shape index (κ2) is 9.73. The van der Waals surface area contributed by atoms with E-state index in [0.717, 1.165) is 5.69 Å². The molecule has 28 heavy (non-hydrogen) atoms. The molecule has 0 spiro atoms. The van der Waals surface area contributed by atoms with Gasteiger partial charge in [0.25, 0.3) is 0 Å². The zero-order chi connectivity index (χ0) is 19.9. The van der Waals surface area contributed by atoms with E-state index in [1.165, 1.54) is 11.8 Å². The molecule has 1 heterocycles. The Morgan fingerprint density at radius 2 is 1.89 bits per heavy atom. The first kappa shape index (κ1) is 20.4. The lowest BCUT2D eigenvalue weighted by molar-refractivity contribution is -0.128. The highest BCUT2D eigenvalue weighted by molar-refractivity contribution is 8.15. The summed E-state index contributed by atoms with van der Waals surface area (Å²) in [4.78, 5) is 31.3. The Hall–Kier alpha value is -2.35. The molecule has 1 fully saturated rings. The summed E-state index contributed by atoms with van der Waals surface area (Å²) in [5.74, 6) is -0.421. The third kappa shape index (κ3) is 5.34. The summed E-state index contributed by atoms with van der Waals surface area (Å²) in [6.45, 7) is 0.345. The number of thioether (sulfide) groups is 1. The van der Waals surface area contributed by atoms with E-state index in [-0.39, 0.29) is 24.8 Å². The molecule has 3 rings (SSSR count). The number of hydrogen-bond acceptors (Lipinski definition) is 5. The van der Waals surface area contributed by atoms with Gasteiger partial charge in [-0.25, -0.2) is 4.99 Å². The number of halogens is 1. The molecule has 1 atom stereocenters. The lowest BCUT2D eigenvalue weighted by Gasteiger charge is -2.15. The first-order valence-corrected chi connectivity index (χ1v) is 10.1. The van der Waals surface area contributed by atoms with E-state index < -0.39 is 5.25 Å². The largest absolute Gasteiger partial charge is 0.396 e. The number of anilines is 1. The Kier molecular flexibility index (Phi) is 7.08. The minimum absolute atomic E-state index is 0.0191. The molecular formula is C20H20ClN3O3S. The molecule has 2 N–H and O–H groups in total. The zero-order valence-electron chi connectivity index (χ0n) is 15.0. The summed E-state index contributed by atoms with van der Waals surface area (Å²) >= 11 is 7.12. The lowest BCUT2D eigenvalue weighted by Crippen LogP contribution is -2.34. The molecule has 0 aliphatic carbocycles. The molecule has 0 bridgehead atoms. The maximum absolute atomic E-state index is 12.8. The number of carbonyl (C=O) groups excluding carboxylic acids is 2. The molecule has 1 aliphatic rings. The molecule has 2 amide bonds. The average Bonchev–Trinajstić information content (AvgIpc) is 2.97. The summed E-state index contributed by atoms with van der Waals surface area (Å²) in [6.07, 6.45) is 0.485. The van der Waals surface area contributed by atoms with E-state index in [2.05, 4.69) is 10.3 Å². The van der Waals surface area contributed by atoms with Gasteiger partial charge in [-0.3, -0.25) is 14.5 Å². The van der Waals surface area contributed by atoms with Gasteiger partial charge in [0.15, 0.2) is 5.17 Å². The van der Waals surface area contributed by atoms with Gasteiger partial charge in [-0.1, -0.05) is 41.6 Å². The van der Waals surface area contributed by atoms with E-state index in [1.54, 1.807) is 29.2 Å². The fraction of sp³-hybridized carbons (Fsp3) is 0.250. The number of aliphatic hydroxyl groups is 1. The van der Waals surface area contributed by atoms with Gasteiger partial charge in [-0.15, -0.1) is 0 Å². The van der Waals surface area contributed by atoms with Crippen molar-refractivity contribution in [2.45, 2.75) is 18.1 Å². The number of aliphatic hydroxyl groups excluding tert-OH is 1. The van der Waals surface area contributed by atoms with E-state index >= 15 is 0 Å². The van der Waals surface area contributed by atoms with Crippen LogP contribution in [0.2, 0.25) is 5.02 Å². The lowest BCUT2D eigenvalue weighted by atomic mass is 10.2. The molecule has 6 nitrogen and oxygen atoms in total. The monoisotopic (exact) mass is 417 g/mol. The van der Waals surface area contributed by atoms with Crippen LogP contribution < -0.4 is 5.32 Å².